The Bertz CT molecular complexity index is 378. The van der Waals surface area contributed by atoms with Crippen molar-refractivity contribution in [3.05, 3.63) is 35.9 Å². The molecular weight excluding hydrogens is 281 g/mol. The molecular formula is C13H17NO2Se. The summed E-state index contributed by atoms with van der Waals surface area (Å²) in [6.45, 7) is 2.10. The molecule has 0 aliphatic carbocycles. The number of carbonyl (C=O) groups excluding carboxylic acids is 2. The Hall–Kier alpha value is -1.12. The topological polar surface area (TPSA) is 37.4 Å². The average molecular weight is 298 g/mol. The zero-order valence-electron chi connectivity index (χ0n) is 10.2. The molecule has 17 heavy (non-hydrogen) atoms. The van der Waals surface area contributed by atoms with Crippen molar-refractivity contribution in [2.75, 3.05) is 7.05 Å². The Balaban J connectivity index is 2.55. The van der Waals surface area contributed by atoms with E-state index < -0.39 is 0 Å². The van der Waals surface area contributed by atoms with E-state index in [1.807, 2.05) is 6.07 Å². The Morgan fingerprint density at radius 1 is 1.24 bits per heavy atom. The minimum absolute atomic E-state index is 0.0418. The first-order chi connectivity index (χ1) is 8.16. The Labute approximate surface area is 108 Å². The summed E-state index contributed by atoms with van der Waals surface area (Å²) in [5.41, 5.74) is 0.564. The predicted octanol–water partition coefficient (Wildman–Crippen LogP) is 2.80. The van der Waals surface area contributed by atoms with Crippen LogP contribution in [0, 0.1) is 0 Å². The molecule has 1 aromatic carbocycles. The molecule has 0 radical (unpaired) electrons. The fraction of sp³-hybridized carbons (Fsp3) is 0.385. The van der Waals surface area contributed by atoms with Gasteiger partial charge in [-0.1, -0.05) is 0 Å². The van der Waals surface area contributed by atoms with Gasteiger partial charge in [0.1, 0.15) is 0 Å². The van der Waals surface area contributed by atoms with Gasteiger partial charge < -0.3 is 0 Å². The van der Waals surface area contributed by atoms with E-state index in [0.29, 0.717) is 5.56 Å². The molecule has 92 valence electrons. The minimum atomic E-state index is -0.214. The van der Waals surface area contributed by atoms with Crippen LogP contribution < -0.4 is 0 Å². The van der Waals surface area contributed by atoms with Gasteiger partial charge in [-0.25, -0.2) is 0 Å². The van der Waals surface area contributed by atoms with Crippen molar-refractivity contribution in [3.63, 3.8) is 0 Å². The van der Waals surface area contributed by atoms with E-state index in [4.69, 9.17) is 0 Å². The molecule has 0 aliphatic rings. The molecule has 0 saturated carbocycles. The second kappa shape index (κ2) is 7.25. The fourth-order valence-corrected chi connectivity index (χ4v) is 3.11. The number of hydrogen-bond donors (Lipinski definition) is 0. The molecule has 0 atom stereocenters. The van der Waals surface area contributed by atoms with Crippen LogP contribution in [-0.2, 0) is 0 Å². The van der Waals surface area contributed by atoms with Crippen LogP contribution in [-0.4, -0.2) is 37.6 Å². The quantitative estimate of drug-likeness (QED) is 0.619. The van der Waals surface area contributed by atoms with Gasteiger partial charge in [0.15, 0.2) is 0 Å². The van der Waals surface area contributed by atoms with Crippen molar-refractivity contribution >= 4 is 25.7 Å². The fourth-order valence-electron chi connectivity index (χ4n) is 1.26. The Kier molecular flexibility index (Phi) is 5.95. The van der Waals surface area contributed by atoms with E-state index in [1.54, 1.807) is 31.3 Å². The predicted molar refractivity (Wildman–Crippen MR) is 69.4 cm³/mol. The summed E-state index contributed by atoms with van der Waals surface area (Å²) >= 11 is -0.116. The number of carbonyl (C=O) groups is 2. The first kappa shape index (κ1) is 13.9. The van der Waals surface area contributed by atoms with Gasteiger partial charge in [0.25, 0.3) is 0 Å². The van der Waals surface area contributed by atoms with Gasteiger partial charge in [-0.2, -0.15) is 0 Å². The van der Waals surface area contributed by atoms with Crippen molar-refractivity contribution in [3.8, 4) is 0 Å². The van der Waals surface area contributed by atoms with Crippen LogP contribution in [0.4, 0.5) is 4.79 Å². The van der Waals surface area contributed by atoms with Gasteiger partial charge in [0.2, 0.25) is 0 Å². The van der Waals surface area contributed by atoms with Crippen molar-refractivity contribution < 1.29 is 9.59 Å². The van der Waals surface area contributed by atoms with Crippen LogP contribution in [0.15, 0.2) is 30.3 Å². The van der Waals surface area contributed by atoms with Gasteiger partial charge in [0, 0.05) is 0 Å². The molecule has 4 heteroatoms. The van der Waals surface area contributed by atoms with E-state index in [9.17, 15) is 9.59 Å². The van der Waals surface area contributed by atoms with E-state index >= 15 is 0 Å². The maximum absolute atomic E-state index is 11.9. The third kappa shape index (κ3) is 4.33. The van der Waals surface area contributed by atoms with Gasteiger partial charge in [-0.15, -0.1) is 0 Å². The van der Waals surface area contributed by atoms with Crippen LogP contribution in [0.2, 0.25) is 5.32 Å². The molecule has 0 saturated heterocycles. The molecule has 0 bridgehead atoms. The van der Waals surface area contributed by atoms with E-state index in [2.05, 4.69) is 6.92 Å². The monoisotopic (exact) mass is 299 g/mol. The zero-order chi connectivity index (χ0) is 12.7. The second-order valence-electron chi connectivity index (χ2n) is 3.70. The summed E-state index contributed by atoms with van der Waals surface area (Å²) < 4.78 is 0. The van der Waals surface area contributed by atoms with Crippen molar-refractivity contribution in [1.82, 2.24) is 4.90 Å². The van der Waals surface area contributed by atoms with Crippen molar-refractivity contribution in [2.45, 2.75) is 25.1 Å². The third-order valence-corrected chi connectivity index (χ3v) is 4.45. The summed E-state index contributed by atoms with van der Waals surface area (Å²) in [6.07, 6.45) is 2.14. The summed E-state index contributed by atoms with van der Waals surface area (Å²) in [5.74, 6) is -0.214. The number of amides is 2. The summed E-state index contributed by atoms with van der Waals surface area (Å²) in [6, 6.07) is 8.90. The van der Waals surface area contributed by atoms with Gasteiger partial charge in [-0.05, 0) is 0 Å². The molecule has 0 aliphatic heterocycles. The number of unbranched alkanes of at least 4 members (excludes halogenated alkanes) is 1. The molecule has 0 aromatic heterocycles. The van der Waals surface area contributed by atoms with Crippen molar-refractivity contribution in [2.24, 2.45) is 0 Å². The first-order valence-corrected chi connectivity index (χ1v) is 7.73. The summed E-state index contributed by atoms with van der Waals surface area (Å²) in [5, 5.41) is 0.911. The number of rotatable bonds is 5. The SMILES string of the molecule is CCCC[Se]C(=O)N(C)C(=O)c1ccccc1. The third-order valence-electron chi connectivity index (χ3n) is 2.32. The molecule has 0 N–H and O–H groups in total. The van der Waals surface area contributed by atoms with Crippen LogP contribution in [0.1, 0.15) is 30.1 Å². The van der Waals surface area contributed by atoms with Gasteiger partial charge in [-0.3, -0.25) is 0 Å². The number of benzene rings is 1. The molecule has 3 nitrogen and oxygen atoms in total. The molecule has 0 spiro atoms. The van der Waals surface area contributed by atoms with Crippen LogP contribution in [0.5, 0.6) is 0 Å². The molecule has 0 fully saturated rings. The van der Waals surface area contributed by atoms with E-state index in [1.165, 1.54) is 4.90 Å². The first-order valence-electron chi connectivity index (χ1n) is 5.66. The van der Waals surface area contributed by atoms with E-state index in [-0.39, 0.29) is 25.7 Å². The maximum atomic E-state index is 11.9. The van der Waals surface area contributed by atoms with Crippen LogP contribution in [0.3, 0.4) is 0 Å². The molecule has 1 aromatic rings. The molecule has 0 unspecified atom stereocenters. The second-order valence-corrected chi connectivity index (χ2v) is 5.89. The summed E-state index contributed by atoms with van der Waals surface area (Å²) in [7, 11) is 1.56. The number of nitrogens with zero attached hydrogens (tertiary/aromatic N) is 1. The Morgan fingerprint density at radius 2 is 1.88 bits per heavy atom. The Morgan fingerprint density at radius 3 is 2.47 bits per heavy atom. The van der Waals surface area contributed by atoms with Crippen LogP contribution >= 0.6 is 0 Å². The van der Waals surface area contributed by atoms with Crippen LogP contribution in [0.25, 0.3) is 0 Å². The number of imide groups is 1. The standard InChI is InChI=1S/C13H17NO2Se/c1-3-4-10-17-13(16)14(2)12(15)11-8-6-5-7-9-11/h5-9H,3-4,10H2,1-2H3. The van der Waals surface area contributed by atoms with Crippen molar-refractivity contribution in [1.29, 1.82) is 0 Å². The van der Waals surface area contributed by atoms with Gasteiger partial charge >= 0.3 is 108 Å². The molecule has 2 amide bonds. The van der Waals surface area contributed by atoms with Gasteiger partial charge in [0.05, 0.1) is 0 Å². The molecule has 0 heterocycles. The van der Waals surface area contributed by atoms with E-state index in [0.717, 1.165) is 18.2 Å². The zero-order valence-corrected chi connectivity index (χ0v) is 11.9. The average Bonchev–Trinajstić information content (AvgIpc) is 2.38. The normalized spacial score (nSPS) is 10.0. The molecule has 1 rings (SSSR count). The summed E-state index contributed by atoms with van der Waals surface area (Å²) in [4.78, 5) is 24.9. The number of hydrogen-bond acceptors (Lipinski definition) is 2.